The highest BCUT2D eigenvalue weighted by atomic mass is 35.5. The van der Waals surface area contributed by atoms with Crippen LogP contribution in [0, 0.1) is 13.8 Å². The second-order valence-electron chi connectivity index (χ2n) is 6.96. The normalized spacial score (nSPS) is 11.1. The topological polar surface area (TPSA) is 75.7 Å². The maximum Gasteiger partial charge on any atom is 0.264 e. The molecule has 0 saturated carbocycles. The van der Waals surface area contributed by atoms with Crippen LogP contribution >= 0.6 is 11.6 Å². The van der Waals surface area contributed by atoms with Gasteiger partial charge in [0.15, 0.2) is 0 Å². The van der Waals surface area contributed by atoms with E-state index in [-0.39, 0.29) is 16.3 Å². The third-order valence-corrected chi connectivity index (χ3v) is 6.78. The van der Waals surface area contributed by atoms with Gasteiger partial charge in [0.25, 0.3) is 10.0 Å². The number of nitrogens with one attached hydrogen (secondary N) is 1. The molecule has 1 amide bonds. The van der Waals surface area contributed by atoms with Crippen molar-refractivity contribution in [3.63, 3.8) is 0 Å². The van der Waals surface area contributed by atoms with E-state index in [2.05, 4.69) is 5.32 Å². The predicted octanol–water partition coefficient (Wildman–Crippen LogP) is 4.80. The number of para-hydroxylation sites is 1. The van der Waals surface area contributed by atoms with Gasteiger partial charge in [-0.15, -0.1) is 0 Å². The molecule has 0 bridgehead atoms. The van der Waals surface area contributed by atoms with Gasteiger partial charge in [-0.1, -0.05) is 48.0 Å². The number of rotatable bonds is 7. The van der Waals surface area contributed by atoms with Gasteiger partial charge in [0.1, 0.15) is 12.3 Å². The number of nitrogens with zero attached hydrogens (tertiary/aromatic N) is 1. The lowest BCUT2D eigenvalue weighted by atomic mass is 10.1. The summed E-state index contributed by atoms with van der Waals surface area (Å²) in [7, 11) is -2.65. The molecular weight excluding hydrogens is 436 g/mol. The summed E-state index contributed by atoms with van der Waals surface area (Å²) in [5.74, 6) is -0.206. The fourth-order valence-corrected chi connectivity index (χ4v) is 4.81. The van der Waals surface area contributed by atoms with Crippen LogP contribution in [0.3, 0.4) is 0 Å². The standard InChI is InChI=1S/C23H23ClN2O4S/c1-16-8-7-9-17(2)23(16)25-22(27)15-26(20-14-18(24)12-13-21(20)30-3)31(28,29)19-10-5-4-6-11-19/h4-14H,15H2,1-3H3,(H,25,27). The predicted molar refractivity (Wildman–Crippen MR) is 124 cm³/mol. The second-order valence-corrected chi connectivity index (χ2v) is 9.25. The van der Waals surface area contributed by atoms with E-state index >= 15 is 0 Å². The molecule has 1 N–H and O–H groups in total. The number of halogens is 1. The zero-order chi connectivity index (χ0) is 22.6. The Bertz CT molecular complexity index is 1180. The van der Waals surface area contributed by atoms with Crippen molar-refractivity contribution in [1.29, 1.82) is 0 Å². The second kappa shape index (κ2) is 9.41. The average Bonchev–Trinajstić information content (AvgIpc) is 2.75. The van der Waals surface area contributed by atoms with E-state index in [1.165, 1.54) is 25.3 Å². The van der Waals surface area contributed by atoms with Gasteiger partial charge in [-0.25, -0.2) is 8.42 Å². The first-order valence-electron chi connectivity index (χ1n) is 9.51. The zero-order valence-corrected chi connectivity index (χ0v) is 19.0. The Hall–Kier alpha value is -3.03. The molecule has 0 saturated heterocycles. The Kier molecular flexibility index (Phi) is 6.87. The van der Waals surface area contributed by atoms with Crippen LogP contribution < -0.4 is 14.4 Å². The Morgan fingerprint density at radius 1 is 1.00 bits per heavy atom. The van der Waals surface area contributed by atoms with Crippen molar-refractivity contribution in [2.75, 3.05) is 23.3 Å². The van der Waals surface area contributed by atoms with Crippen molar-refractivity contribution in [1.82, 2.24) is 0 Å². The van der Waals surface area contributed by atoms with Gasteiger partial charge in [0, 0.05) is 10.7 Å². The van der Waals surface area contributed by atoms with Crippen LogP contribution in [0.4, 0.5) is 11.4 Å². The molecule has 6 nitrogen and oxygen atoms in total. The monoisotopic (exact) mass is 458 g/mol. The first-order valence-corrected chi connectivity index (χ1v) is 11.3. The number of hydrogen-bond donors (Lipinski definition) is 1. The SMILES string of the molecule is COc1ccc(Cl)cc1N(CC(=O)Nc1c(C)cccc1C)S(=O)(=O)c1ccccc1. The quantitative estimate of drug-likeness (QED) is 0.551. The molecule has 3 aromatic carbocycles. The molecule has 0 atom stereocenters. The van der Waals surface area contributed by atoms with Crippen molar-refractivity contribution < 1.29 is 17.9 Å². The van der Waals surface area contributed by atoms with E-state index in [4.69, 9.17) is 16.3 Å². The molecule has 3 aromatic rings. The largest absolute Gasteiger partial charge is 0.495 e. The number of hydrogen-bond acceptors (Lipinski definition) is 4. The number of anilines is 2. The van der Waals surface area contributed by atoms with Gasteiger partial charge in [-0.05, 0) is 55.3 Å². The summed E-state index contributed by atoms with van der Waals surface area (Å²) in [6.45, 7) is 3.30. The number of amides is 1. The molecule has 31 heavy (non-hydrogen) atoms. The van der Waals surface area contributed by atoms with E-state index in [9.17, 15) is 13.2 Å². The molecule has 0 aliphatic rings. The molecule has 0 aliphatic carbocycles. The summed E-state index contributed by atoms with van der Waals surface area (Å²) in [6, 6.07) is 18.2. The number of aryl methyl sites for hydroxylation is 2. The van der Waals surface area contributed by atoms with Crippen LogP contribution in [-0.4, -0.2) is 28.0 Å². The van der Waals surface area contributed by atoms with Crippen molar-refractivity contribution in [2.45, 2.75) is 18.7 Å². The van der Waals surface area contributed by atoms with Gasteiger partial charge in [0.2, 0.25) is 5.91 Å². The number of carbonyl (C=O) groups is 1. The molecule has 0 spiro atoms. The first-order chi connectivity index (χ1) is 14.7. The highest BCUT2D eigenvalue weighted by Crippen LogP contribution is 2.35. The summed E-state index contributed by atoms with van der Waals surface area (Å²) in [5.41, 5.74) is 2.59. The summed E-state index contributed by atoms with van der Waals surface area (Å²) in [4.78, 5) is 13.0. The van der Waals surface area contributed by atoms with Crippen LogP contribution in [0.25, 0.3) is 0 Å². The van der Waals surface area contributed by atoms with Gasteiger partial charge >= 0.3 is 0 Å². The molecule has 0 aliphatic heterocycles. The molecule has 0 aromatic heterocycles. The summed E-state index contributed by atoms with van der Waals surface area (Å²) in [6.07, 6.45) is 0. The van der Waals surface area contributed by atoms with E-state index in [1.807, 2.05) is 32.0 Å². The van der Waals surface area contributed by atoms with Crippen LogP contribution in [0.15, 0.2) is 71.6 Å². The molecular formula is C23H23ClN2O4S. The fraction of sp³-hybridized carbons (Fsp3) is 0.174. The van der Waals surface area contributed by atoms with Crippen molar-refractivity contribution >= 4 is 38.9 Å². The lowest BCUT2D eigenvalue weighted by molar-refractivity contribution is -0.114. The number of benzene rings is 3. The summed E-state index contributed by atoms with van der Waals surface area (Å²) < 4.78 is 33.3. The number of sulfonamides is 1. The first kappa shape index (κ1) is 22.7. The molecule has 8 heteroatoms. The van der Waals surface area contributed by atoms with Gasteiger partial charge in [-0.2, -0.15) is 0 Å². The molecule has 0 unspecified atom stereocenters. The average molecular weight is 459 g/mol. The zero-order valence-electron chi connectivity index (χ0n) is 17.4. The van der Waals surface area contributed by atoms with Crippen LogP contribution in [-0.2, 0) is 14.8 Å². The van der Waals surface area contributed by atoms with Crippen molar-refractivity contribution in [3.05, 3.63) is 82.9 Å². The fourth-order valence-electron chi connectivity index (χ4n) is 3.20. The highest BCUT2D eigenvalue weighted by Gasteiger charge is 2.30. The third-order valence-electron chi connectivity index (χ3n) is 4.77. The Morgan fingerprint density at radius 3 is 2.26 bits per heavy atom. The minimum Gasteiger partial charge on any atom is -0.495 e. The molecule has 0 heterocycles. The lowest BCUT2D eigenvalue weighted by Gasteiger charge is -2.26. The Morgan fingerprint density at radius 2 is 1.65 bits per heavy atom. The maximum atomic E-state index is 13.5. The van der Waals surface area contributed by atoms with E-state index in [0.717, 1.165) is 15.4 Å². The van der Waals surface area contributed by atoms with E-state index in [1.54, 1.807) is 30.3 Å². The lowest BCUT2D eigenvalue weighted by Crippen LogP contribution is -2.38. The van der Waals surface area contributed by atoms with E-state index in [0.29, 0.717) is 10.7 Å². The Labute approximate surface area is 187 Å². The van der Waals surface area contributed by atoms with Crippen molar-refractivity contribution in [3.8, 4) is 5.75 Å². The van der Waals surface area contributed by atoms with Crippen LogP contribution in [0.5, 0.6) is 5.75 Å². The number of carbonyl (C=O) groups excluding carboxylic acids is 1. The molecule has 162 valence electrons. The number of methoxy groups -OCH3 is 1. The van der Waals surface area contributed by atoms with Gasteiger partial charge in [0.05, 0.1) is 17.7 Å². The van der Waals surface area contributed by atoms with Crippen molar-refractivity contribution in [2.24, 2.45) is 0 Å². The van der Waals surface area contributed by atoms with Crippen LogP contribution in [0.2, 0.25) is 5.02 Å². The summed E-state index contributed by atoms with van der Waals surface area (Å²) >= 11 is 6.14. The number of ether oxygens (including phenoxy) is 1. The molecule has 0 fully saturated rings. The maximum absolute atomic E-state index is 13.5. The molecule has 0 radical (unpaired) electrons. The minimum absolute atomic E-state index is 0.0527. The van der Waals surface area contributed by atoms with Gasteiger partial charge < -0.3 is 10.1 Å². The Balaban J connectivity index is 2.05. The third kappa shape index (κ3) is 5.00. The van der Waals surface area contributed by atoms with Crippen LogP contribution in [0.1, 0.15) is 11.1 Å². The minimum atomic E-state index is -4.08. The van der Waals surface area contributed by atoms with Gasteiger partial charge in [-0.3, -0.25) is 9.10 Å². The molecule has 3 rings (SSSR count). The summed E-state index contributed by atoms with van der Waals surface area (Å²) in [5, 5.41) is 3.15. The van der Waals surface area contributed by atoms with E-state index < -0.39 is 22.5 Å². The highest BCUT2D eigenvalue weighted by molar-refractivity contribution is 7.92. The smallest absolute Gasteiger partial charge is 0.264 e.